The van der Waals surface area contributed by atoms with Crippen LogP contribution in [-0.4, -0.2) is 30.2 Å². The highest BCUT2D eigenvalue weighted by molar-refractivity contribution is 7.99. The highest BCUT2D eigenvalue weighted by Gasteiger charge is 2.26. The van der Waals surface area contributed by atoms with Crippen LogP contribution in [0.4, 0.5) is 11.4 Å². The van der Waals surface area contributed by atoms with Crippen molar-refractivity contribution in [3.63, 3.8) is 0 Å². The molecule has 0 aromatic heterocycles. The number of nitro benzene ring substituents is 1. The Labute approximate surface area is 149 Å². The minimum absolute atomic E-state index is 0.000240. The molecular weight excluding hydrogens is 340 g/mol. The van der Waals surface area contributed by atoms with Crippen molar-refractivity contribution in [1.82, 2.24) is 0 Å². The first-order valence-corrected chi connectivity index (χ1v) is 8.91. The molecule has 0 atom stereocenters. The number of methoxy groups -OCH3 is 1. The van der Waals surface area contributed by atoms with Crippen LogP contribution in [0.25, 0.3) is 0 Å². The van der Waals surface area contributed by atoms with E-state index in [0.717, 1.165) is 22.6 Å². The maximum absolute atomic E-state index is 12.5. The highest BCUT2D eigenvalue weighted by Crippen LogP contribution is 2.32. The summed E-state index contributed by atoms with van der Waals surface area (Å²) in [7, 11) is 1.62. The van der Waals surface area contributed by atoms with Crippen LogP contribution in [0.5, 0.6) is 5.75 Å². The van der Waals surface area contributed by atoms with Crippen LogP contribution in [0.3, 0.4) is 0 Å². The number of hydrogen-bond acceptors (Lipinski definition) is 5. The molecule has 0 spiro atoms. The smallest absolute Gasteiger partial charge is 0.271 e. The minimum atomic E-state index is -0.430. The molecule has 0 radical (unpaired) electrons. The van der Waals surface area contributed by atoms with Crippen LogP contribution in [0.2, 0.25) is 0 Å². The average Bonchev–Trinajstić information content (AvgIpc) is 3.05. The fourth-order valence-electron chi connectivity index (χ4n) is 2.80. The highest BCUT2D eigenvalue weighted by atomic mass is 32.2. The Balaban J connectivity index is 1.59. The lowest BCUT2D eigenvalue weighted by Crippen LogP contribution is -2.29. The molecule has 25 heavy (non-hydrogen) atoms. The van der Waals surface area contributed by atoms with Crippen molar-refractivity contribution >= 4 is 29.0 Å². The molecule has 130 valence electrons. The van der Waals surface area contributed by atoms with Crippen LogP contribution >= 0.6 is 11.8 Å². The summed E-state index contributed by atoms with van der Waals surface area (Å²) < 4.78 is 5.12. The van der Waals surface area contributed by atoms with Crippen LogP contribution in [0, 0.1) is 10.1 Å². The Hall–Kier alpha value is -2.54. The van der Waals surface area contributed by atoms with E-state index in [1.807, 2.05) is 24.3 Å². The second-order valence-corrected chi connectivity index (χ2v) is 6.81. The molecule has 0 saturated heterocycles. The third-order valence-corrected chi connectivity index (χ3v) is 5.13. The number of ether oxygens (including phenoxy) is 1. The van der Waals surface area contributed by atoms with Gasteiger partial charge in [0, 0.05) is 35.7 Å². The van der Waals surface area contributed by atoms with Crippen LogP contribution < -0.4 is 9.64 Å². The lowest BCUT2D eigenvalue weighted by atomic mass is 10.1. The quantitative estimate of drug-likeness (QED) is 0.447. The third kappa shape index (κ3) is 3.93. The summed E-state index contributed by atoms with van der Waals surface area (Å²) in [6.07, 6.45) is 1.13. The van der Waals surface area contributed by atoms with Crippen LogP contribution in [-0.2, 0) is 11.2 Å². The number of nitro groups is 1. The number of hydrogen-bond donors (Lipinski definition) is 0. The van der Waals surface area contributed by atoms with E-state index in [2.05, 4.69) is 0 Å². The first-order valence-electron chi connectivity index (χ1n) is 7.93. The molecule has 1 aliphatic rings. The molecule has 3 rings (SSSR count). The van der Waals surface area contributed by atoms with Crippen molar-refractivity contribution in [3.05, 3.63) is 58.1 Å². The van der Waals surface area contributed by atoms with E-state index in [9.17, 15) is 14.9 Å². The molecule has 7 heteroatoms. The Morgan fingerprint density at radius 3 is 2.72 bits per heavy atom. The average molecular weight is 358 g/mol. The fraction of sp³-hybridized carbons (Fsp3) is 0.278. The van der Waals surface area contributed by atoms with Crippen molar-refractivity contribution in [2.24, 2.45) is 0 Å². The summed E-state index contributed by atoms with van der Waals surface area (Å²) in [4.78, 5) is 25.8. The predicted molar refractivity (Wildman–Crippen MR) is 97.5 cm³/mol. The van der Waals surface area contributed by atoms with Crippen molar-refractivity contribution < 1.29 is 14.5 Å². The SMILES string of the molecule is COc1ccc(SCCC(=O)N2CCc3ccc([N+](=O)[O-])cc32)cc1. The number of benzene rings is 2. The topological polar surface area (TPSA) is 72.7 Å². The number of carbonyl (C=O) groups is 1. The number of non-ortho nitro benzene ring substituents is 1. The first kappa shape index (κ1) is 17.3. The molecule has 2 aromatic rings. The number of rotatable bonds is 6. The van der Waals surface area contributed by atoms with Crippen molar-refractivity contribution in [2.45, 2.75) is 17.7 Å². The summed E-state index contributed by atoms with van der Waals surface area (Å²) in [5, 5.41) is 10.9. The standard InChI is InChI=1S/C18H18N2O4S/c1-24-15-4-6-16(7-5-15)25-11-9-18(21)19-10-8-13-2-3-14(20(22)23)12-17(13)19/h2-7,12H,8-11H2,1H3. The van der Waals surface area contributed by atoms with E-state index in [1.165, 1.54) is 12.1 Å². The third-order valence-electron chi connectivity index (χ3n) is 4.12. The largest absolute Gasteiger partial charge is 0.497 e. The summed E-state index contributed by atoms with van der Waals surface area (Å²) in [6, 6.07) is 12.4. The van der Waals surface area contributed by atoms with Crippen molar-refractivity contribution in [3.8, 4) is 5.75 Å². The van der Waals surface area contributed by atoms with E-state index in [-0.39, 0.29) is 11.6 Å². The summed E-state index contributed by atoms with van der Waals surface area (Å²) in [5.41, 5.74) is 1.68. The number of carbonyl (C=O) groups excluding carboxylic acids is 1. The van der Waals surface area contributed by atoms with Gasteiger partial charge in [-0.15, -0.1) is 11.8 Å². The van der Waals surface area contributed by atoms with Gasteiger partial charge < -0.3 is 9.64 Å². The van der Waals surface area contributed by atoms with Gasteiger partial charge in [-0.25, -0.2) is 0 Å². The molecule has 0 fully saturated rings. The second kappa shape index (κ2) is 7.57. The maximum Gasteiger partial charge on any atom is 0.271 e. The monoisotopic (exact) mass is 358 g/mol. The van der Waals surface area contributed by atoms with Gasteiger partial charge in [0.25, 0.3) is 5.69 Å². The Morgan fingerprint density at radius 1 is 1.28 bits per heavy atom. The van der Waals surface area contributed by atoms with Crippen molar-refractivity contribution in [2.75, 3.05) is 24.3 Å². The molecule has 0 aliphatic carbocycles. The number of anilines is 1. The minimum Gasteiger partial charge on any atom is -0.497 e. The zero-order chi connectivity index (χ0) is 17.8. The van der Waals surface area contributed by atoms with E-state index >= 15 is 0 Å². The van der Waals surface area contributed by atoms with Gasteiger partial charge in [0.05, 0.1) is 17.7 Å². The summed E-state index contributed by atoms with van der Waals surface area (Å²) in [5.74, 6) is 1.46. The number of thioether (sulfide) groups is 1. The van der Waals surface area contributed by atoms with Crippen LogP contribution in [0.15, 0.2) is 47.4 Å². The summed E-state index contributed by atoms with van der Waals surface area (Å²) in [6.45, 7) is 0.586. The van der Waals surface area contributed by atoms with Gasteiger partial charge in [-0.05, 0) is 36.2 Å². The molecular formula is C18H18N2O4S. The molecule has 6 nitrogen and oxygen atoms in total. The second-order valence-electron chi connectivity index (χ2n) is 5.64. The van der Waals surface area contributed by atoms with E-state index in [0.29, 0.717) is 24.4 Å². The molecule has 0 saturated carbocycles. The molecule has 1 heterocycles. The number of nitrogens with zero attached hydrogens (tertiary/aromatic N) is 2. The Morgan fingerprint density at radius 2 is 2.04 bits per heavy atom. The predicted octanol–water partition coefficient (Wildman–Crippen LogP) is 3.67. The van der Waals surface area contributed by atoms with Gasteiger partial charge in [0.2, 0.25) is 5.91 Å². The molecule has 1 amide bonds. The van der Waals surface area contributed by atoms with Gasteiger partial charge in [-0.3, -0.25) is 14.9 Å². The zero-order valence-electron chi connectivity index (χ0n) is 13.8. The van der Waals surface area contributed by atoms with Gasteiger partial charge in [0.15, 0.2) is 0 Å². The Kier molecular flexibility index (Phi) is 5.23. The van der Waals surface area contributed by atoms with E-state index in [4.69, 9.17) is 4.74 Å². The zero-order valence-corrected chi connectivity index (χ0v) is 14.6. The normalized spacial score (nSPS) is 12.8. The summed E-state index contributed by atoms with van der Waals surface area (Å²) >= 11 is 1.60. The number of amides is 1. The van der Waals surface area contributed by atoms with Gasteiger partial charge >= 0.3 is 0 Å². The van der Waals surface area contributed by atoms with E-state index in [1.54, 1.807) is 29.8 Å². The van der Waals surface area contributed by atoms with Crippen LogP contribution in [0.1, 0.15) is 12.0 Å². The van der Waals surface area contributed by atoms with Gasteiger partial charge in [-0.2, -0.15) is 0 Å². The van der Waals surface area contributed by atoms with E-state index < -0.39 is 4.92 Å². The molecule has 0 N–H and O–H groups in total. The lowest BCUT2D eigenvalue weighted by Gasteiger charge is -2.17. The van der Waals surface area contributed by atoms with Gasteiger partial charge in [-0.1, -0.05) is 6.07 Å². The lowest BCUT2D eigenvalue weighted by molar-refractivity contribution is -0.384. The number of fused-ring (bicyclic) bond motifs is 1. The molecule has 0 unspecified atom stereocenters. The van der Waals surface area contributed by atoms with Crippen molar-refractivity contribution in [1.29, 1.82) is 0 Å². The molecule has 1 aliphatic heterocycles. The molecule has 0 bridgehead atoms. The van der Waals surface area contributed by atoms with Gasteiger partial charge in [0.1, 0.15) is 5.75 Å². The maximum atomic E-state index is 12.5. The first-order chi connectivity index (χ1) is 12.1. The molecule has 2 aromatic carbocycles. The Bertz CT molecular complexity index is 792. The fourth-order valence-corrected chi connectivity index (χ4v) is 3.64.